The number of anilines is 1. The van der Waals surface area contributed by atoms with Gasteiger partial charge in [0, 0.05) is 11.1 Å². The number of carboxylic acid groups (broad SMARTS) is 1. The van der Waals surface area contributed by atoms with Crippen LogP contribution < -0.4 is 5.32 Å². The Morgan fingerprint density at radius 1 is 1.53 bits per heavy atom. The number of hydrogen-bond donors (Lipinski definition) is 2. The second kappa shape index (κ2) is 4.92. The van der Waals surface area contributed by atoms with Gasteiger partial charge in [0.15, 0.2) is 0 Å². The molecule has 0 aliphatic rings. The highest BCUT2D eigenvalue weighted by Gasteiger charge is 2.08. The third kappa shape index (κ3) is 2.79. The molecular weight excluding hydrogens is 243 g/mol. The van der Waals surface area contributed by atoms with E-state index >= 15 is 0 Å². The molecule has 0 saturated heterocycles. The third-order valence-corrected chi connectivity index (χ3v) is 2.93. The van der Waals surface area contributed by atoms with Gasteiger partial charge in [0.2, 0.25) is 0 Å². The number of nitrogens with zero attached hydrogens (tertiary/aromatic N) is 1. The molecule has 0 radical (unpaired) electrons. The maximum Gasteiger partial charge on any atom is 0.335 e. The molecule has 1 aromatic heterocycles. The van der Waals surface area contributed by atoms with Gasteiger partial charge in [-0.05, 0) is 18.2 Å². The highest BCUT2D eigenvalue weighted by atomic mass is 32.1. The Morgan fingerprint density at radius 3 is 2.94 bits per heavy atom. The summed E-state index contributed by atoms with van der Waals surface area (Å²) in [4.78, 5) is 15.5. The molecule has 6 heteroatoms. The van der Waals surface area contributed by atoms with Crippen molar-refractivity contribution in [1.82, 2.24) is 4.98 Å². The van der Waals surface area contributed by atoms with Crippen molar-refractivity contribution in [2.24, 2.45) is 0 Å². The van der Waals surface area contributed by atoms with Crippen LogP contribution in [-0.2, 0) is 6.54 Å². The molecule has 0 spiro atoms. The van der Waals surface area contributed by atoms with Crippen LogP contribution in [0.1, 0.15) is 15.2 Å². The molecule has 1 heterocycles. The van der Waals surface area contributed by atoms with Crippen LogP contribution in [0.15, 0.2) is 29.9 Å². The van der Waals surface area contributed by atoms with E-state index in [1.165, 1.54) is 23.5 Å². The van der Waals surface area contributed by atoms with Gasteiger partial charge in [-0.25, -0.2) is 9.18 Å². The number of thiazole rings is 1. The minimum absolute atomic E-state index is 0.0640. The molecule has 0 saturated carbocycles. The van der Waals surface area contributed by atoms with Crippen molar-refractivity contribution in [1.29, 1.82) is 0 Å². The summed E-state index contributed by atoms with van der Waals surface area (Å²) in [7, 11) is 0. The molecule has 2 aromatic rings. The summed E-state index contributed by atoms with van der Waals surface area (Å²) in [6.45, 7) is 0.466. The van der Waals surface area contributed by atoms with E-state index in [4.69, 9.17) is 5.11 Å². The number of hydrogen-bond acceptors (Lipinski definition) is 4. The van der Waals surface area contributed by atoms with Crippen molar-refractivity contribution in [3.63, 3.8) is 0 Å². The molecular formula is C11H9FN2O2S. The normalized spacial score (nSPS) is 10.2. The fraction of sp³-hybridized carbons (Fsp3) is 0.0909. The zero-order valence-corrected chi connectivity index (χ0v) is 9.50. The van der Waals surface area contributed by atoms with Crippen molar-refractivity contribution in [3.8, 4) is 0 Å². The van der Waals surface area contributed by atoms with E-state index < -0.39 is 11.8 Å². The number of carbonyl (C=O) groups is 1. The van der Waals surface area contributed by atoms with E-state index in [1.807, 2.05) is 0 Å². The monoisotopic (exact) mass is 252 g/mol. The van der Waals surface area contributed by atoms with E-state index in [2.05, 4.69) is 10.3 Å². The molecule has 0 unspecified atom stereocenters. The first-order valence-electron chi connectivity index (χ1n) is 4.81. The topological polar surface area (TPSA) is 62.2 Å². The van der Waals surface area contributed by atoms with E-state index in [9.17, 15) is 9.18 Å². The van der Waals surface area contributed by atoms with E-state index in [0.717, 1.165) is 10.9 Å². The quantitative estimate of drug-likeness (QED) is 0.878. The van der Waals surface area contributed by atoms with Gasteiger partial charge >= 0.3 is 5.97 Å². The molecule has 0 atom stereocenters. The van der Waals surface area contributed by atoms with Gasteiger partial charge in [-0.2, -0.15) is 0 Å². The van der Waals surface area contributed by atoms with Gasteiger partial charge in [-0.1, -0.05) is 0 Å². The minimum atomic E-state index is -1.14. The van der Waals surface area contributed by atoms with Gasteiger partial charge in [0.05, 0.1) is 23.3 Å². The minimum Gasteiger partial charge on any atom is -0.478 e. The first-order chi connectivity index (χ1) is 8.16. The van der Waals surface area contributed by atoms with Crippen LogP contribution in [0, 0.1) is 5.82 Å². The summed E-state index contributed by atoms with van der Waals surface area (Å²) in [5.41, 5.74) is 1.91. The first-order valence-corrected chi connectivity index (χ1v) is 5.69. The standard InChI is InChI=1S/C11H9FN2O2S/c12-9-3-7(11(15)16)1-2-10(9)14-5-8-4-13-6-17-8/h1-4,6,14H,5H2,(H,15,16). The molecule has 0 aliphatic carbocycles. The summed E-state index contributed by atoms with van der Waals surface area (Å²) in [5.74, 6) is -1.72. The molecule has 2 N–H and O–H groups in total. The van der Waals surface area contributed by atoms with E-state index in [0.29, 0.717) is 6.54 Å². The van der Waals surface area contributed by atoms with E-state index in [1.54, 1.807) is 11.7 Å². The fourth-order valence-corrected chi connectivity index (χ4v) is 1.84. The second-order valence-electron chi connectivity index (χ2n) is 3.32. The number of halogens is 1. The van der Waals surface area contributed by atoms with E-state index in [-0.39, 0.29) is 11.3 Å². The highest BCUT2D eigenvalue weighted by Crippen LogP contribution is 2.17. The SMILES string of the molecule is O=C(O)c1ccc(NCc2cncs2)c(F)c1. The summed E-state index contributed by atoms with van der Waals surface area (Å²) in [5, 5.41) is 11.6. The fourth-order valence-electron chi connectivity index (χ4n) is 1.30. The molecule has 0 bridgehead atoms. The molecule has 0 amide bonds. The maximum absolute atomic E-state index is 13.5. The Hall–Kier alpha value is -1.95. The number of rotatable bonds is 4. The van der Waals surface area contributed by atoms with Crippen molar-refractivity contribution >= 4 is 23.0 Å². The second-order valence-corrected chi connectivity index (χ2v) is 4.29. The lowest BCUT2D eigenvalue weighted by Gasteiger charge is -2.06. The molecule has 88 valence electrons. The predicted molar refractivity (Wildman–Crippen MR) is 62.8 cm³/mol. The van der Waals surface area contributed by atoms with Crippen LogP contribution in [0.2, 0.25) is 0 Å². The zero-order valence-electron chi connectivity index (χ0n) is 8.68. The zero-order chi connectivity index (χ0) is 12.3. The Bertz CT molecular complexity index is 528. The summed E-state index contributed by atoms with van der Waals surface area (Å²) < 4.78 is 13.5. The average molecular weight is 252 g/mol. The molecule has 17 heavy (non-hydrogen) atoms. The Morgan fingerprint density at radius 2 is 2.35 bits per heavy atom. The lowest BCUT2D eigenvalue weighted by atomic mass is 10.2. The van der Waals surface area contributed by atoms with Gasteiger partial charge in [0.1, 0.15) is 5.82 Å². The number of benzene rings is 1. The number of aromatic nitrogens is 1. The van der Waals surface area contributed by atoms with Crippen molar-refractivity contribution in [3.05, 3.63) is 46.2 Å². The van der Waals surface area contributed by atoms with Crippen LogP contribution in [0.4, 0.5) is 10.1 Å². The Labute approximate surface area is 101 Å². The largest absolute Gasteiger partial charge is 0.478 e. The predicted octanol–water partition coefficient (Wildman–Crippen LogP) is 2.59. The van der Waals surface area contributed by atoms with Crippen LogP contribution in [0.25, 0.3) is 0 Å². The van der Waals surface area contributed by atoms with Crippen LogP contribution in [0.3, 0.4) is 0 Å². The Balaban J connectivity index is 2.09. The van der Waals surface area contributed by atoms with Crippen molar-refractivity contribution in [2.75, 3.05) is 5.32 Å². The van der Waals surface area contributed by atoms with Crippen LogP contribution in [-0.4, -0.2) is 16.1 Å². The molecule has 2 rings (SSSR count). The molecule has 0 aliphatic heterocycles. The first kappa shape index (κ1) is 11.5. The van der Waals surface area contributed by atoms with Crippen molar-refractivity contribution in [2.45, 2.75) is 6.54 Å². The average Bonchev–Trinajstić information content (AvgIpc) is 2.80. The van der Waals surface area contributed by atoms with Crippen LogP contribution >= 0.6 is 11.3 Å². The molecule has 4 nitrogen and oxygen atoms in total. The molecule has 1 aromatic carbocycles. The number of aromatic carboxylic acids is 1. The smallest absolute Gasteiger partial charge is 0.335 e. The van der Waals surface area contributed by atoms with Gasteiger partial charge in [-0.3, -0.25) is 4.98 Å². The number of carboxylic acids is 1. The van der Waals surface area contributed by atoms with Gasteiger partial charge < -0.3 is 10.4 Å². The summed E-state index contributed by atoms with van der Waals surface area (Å²) in [6.07, 6.45) is 1.70. The maximum atomic E-state index is 13.5. The molecule has 0 fully saturated rings. The number of nitrogens with one attached hydrogen (secondary N) is 1. The van der Waals surface area contributed by atoms with Crippen molar-refractivity contribution < 1.29 is 14.3 Å². The van der Waals surface area contributed by atoms with Gasteiger partial charge in [-0.15, -0.1) is 11.3 Å². The lowest BCUT2D eigenvalue weighted by Crippen LogP contribution is -2.02. The van der Waals surface area contributed by atoms with Crippen LogP contribution in [0.5, 0.6) is 0 Å². The highest BCUT2D eigenvalue weighted by molar-refractivity contribution is 7.09. The summed E-state index contributed by atoms with van der Waals surface area (Å²) >= 11 is 1.47. The Kier molecular flexibility index (Phi) is 3.34. The third-order valence-electron chi connectivity index (χ3n) is 2.15. The summed E-state index contributed by atoms with van der Waals surface area (Å²) in [6, 6.07) is 3.78. The van der Waals surface area contributed by atoms with Gasteiger partial charge in [0.25, 0.3) is 0 Å². The lowest BCUT2D eigenvalue weighted by molar-refractivity contribution is 0.0696.